The summed E-state index contributed by atoms with van der Waals surface area (Å²) in [6.45, 7) is 0. The Kier molecular flexibility index (Phi) is 3.68. The average molecular weight is 388 g/mol. The molecule has 0 spiro atoms. The molecule has 108 valence electrons. The Labute approximate surface area is 144 Å². The number of phenolic OH excluding ortho intramolecular Hbond substituents is 1. The fourth-order valence-corrected chi connectivity index (χ4v) is 6.81. The van der Waals surface area contributed by atoms with E-state index in [1.165, 1.54) is 24.5 Å². The van der Waals surface area contributed by atoms with Crippen LogP contribution in [0.3, 0.4) is 0 Å². The van der Waals surface area contributed by atoms with Crippen molar-refractivity contribution in [1.82, 2.24) is 0 Å². The summed E-state index contributed by atoms with van der Waals surface area (Å²) in [5.41, 5.74) is 0. The van der Waals surface area contributed by atoms with Gasteiger partial charge in [-0.1, -0.05) is 36.0 Å². The molecule has 1 heterocycles. The van der Waals surface area contributed by atoms with Gasteiger partial charge in [-0.3, -0.25) is 0 Å². The lowest BCUT2D eigenvalue weighted by atomic mass is 10.3. The summed E-state index contributed by atoms with van der Waals surface area (Å²) in [5.74, 6) is 0.278. The largest absolute Gasteiger partial charge is 0.507 e. The van der Waals surface area contributed by atoms with Crippen LogP contribution in [-0.4, -0.2) is 5.11 Å². The highest BCUT2D eigenvalue weighted by atomic mass is 79.9. The summed E-state index contributed by atoms with van der Waals surface area (Å²) in [4.78, 5) is 6.54. The SMILES string of the molecule is Oc1ccc([S+]2c3ccccc3Sc3ccccc32)cc1Br. The maximum absolute atomic E-state index is 9.78. The van der Waals surface area contributed by atoms with Crippen LogP contribution in [-0.2, 0) is 10.9 Å². The zero-order chi connectivity index (χ0) is 15.1. The van der Waals surface area contributed by atoms with Crippen LogP contribution in [0.1, 0.15) is 0 Å². The molecule has 0 saturated carbocycles. The average Bonchev–Trinajstić information content (AvgIpc) is 2.55. The number of fused-ring (bicyclic) bond motifs is 2. The van der Waals surface area contributed by atoms with Crippen molar-refractivity contribution in [3.63, 3.8) is 0 Å². The smallest absolute Gasteiger partial charge is 0.180 e. The standard InChI is InChI=1S/C18H11BrOS2/c19-13-11-12(9-10-14(13)20)22-17-7-3-1-5-15(17)21-16-6-2-4-8-18(16)22/h1-11H/p+1. The summed E-state index contributed by atoms with van der Waals surface area (Å²) in [6, 6.07) is 23.0. The van der Waals surface area contributed by atoms with Crippen LogP contribution < -0.4 is 0 Å². The van der Waals surface area contributed by atoms with Crippen LogP contribution >= 0.6 is 27.7 Å². The molecule has 3 aromatic carbocycles. The zero-order valence-electron chi connectivity index (χ0n) is 11.5. The fourth-order valence-electron chi connectivity index (χ4n) is 2.51. The first-order valence-electron chi connectivity index (χ1n) is 6.83. The minimum Gasteiger partial charge on any atom is -0.507 e. The van der Waals surface area contributed by atoms with E-state index in [-0.39, 0.29) is 16.6 Å². The number of aromatic hydroxyl groups is 1. The Morgan fingerprint density at radius 1 is 0.818 bits per heavy atom. The van der Waals surface area contributed by atoms with Crippen LogP contribution in [0.4, 0.5) is 0 Å². The number of hydrogen-bond donors (Lipinski definition) is 1. The third-order valence-electron chi connectivity index (χ3n) is 3.51. The van der Waals surface area contributed by atoms with Crippen molar-refractivity contribution in [3.8, 4) is 5.75 Å². The molecular weight excluding hydrogens is 376 g/mol. The lowest BCUT2D eigenvalue weighted by molar-refractivity contribution is 0.471. The lowest BCUT2D eigenvalue weighted by Gasteiger charge is -2.18. The van der Waals surface area contributed by atoms with Gasteiger partial charge < -0.3 is 5.11 Å². The van der Waals surface area contributed by atoms with Crippen LogP contribution in [0.2, 0.25) is 0 Å². The molecule has 1 nitrogen and oxygen atoms in total. The maximum atomic E-state index is 9.78. The lowest BCUT2D eigenvalue weighted by Crippen LogP contribution is -2.10. The van der Waals surface area contributed by atoms with E-state index in [0.29, 0.717) is 0 Å². The second-order valence-corrected chi connectivity index (χ2v) is 8.82. The number of halogens is 1. The van der Waals surface area contributed by atoms with E-state index in [4.69, 9.17) is 0 Å². The molecule has 0 bridgehead atoms. The van der Waals surface area contributed by atoms with Crippen LogP contribution in [0.15, 0.2) is 95.7 Å². The molecule has 22 heavy (non-hydrogen) atoms. The van der Waals surface area contributed by atoms with Gasteiger partial charge in [0.2, 0.25) is 0 Å². The van der Waals surface area contributed by atoms with E-state index in [2.05, 4.69) is 64.5 Å². The van der Waals surface area contributed by atoms with Gasteiger partial charge in [0.1, 0.15) is 16.6 Å². The molecular formula is C18H12BrOS2+. The third kappa shape index (κ3) is 2.35. The maximum Gasteiger partial charge on any atom is 0.180 e. The number of phenols is 1. The first-order chi connectivity index (χ1) is 10.7. The molecule has 0 aromatic heterocycles. The molecule has 0 unspecified atom stereocenters. The summed E-state index contributed by atoms with van der Waals surface area (Å²) in [6.07, 6.45) is 0. The van der Waals surface area contributed by atoms with E-state index >= 15 is 0 Å². The van der Waals surface area contributed by atoms with E-state index in [1.807, 2.05) is 23.9 Å². The topological polar surface area (TPSA) is 20.2 Å². The van der Waals surface area contributed by atoms with Crippen LogP contribution in [0.25, 0.3) is 0 Å². The van der Waals surface area contributed by atoms with Crippen molar-refractivity contribution >= 4 is 38.6 Å². The molecule has 1 N–H and O–H groups in total. The first kappa shape index (κ1) is 14.2. The van der Waals surface area contributed by atoms with Crippen molar-refractivity contribution in [1.29, 1.82) is 0 Å². The highest BCUT2D eigenvalue weighted by Gasteiger charge is 2.37. The number of rotatable bonds is 1. The molecule has 0 amide bonds. The van der Waals surface area contributed by atoms with E-state index < -0.39 is 0 Å². The Morgan fingerprint density at radius 2 is 1.41 bits per heavy atom. The molecule has 4 heteroatoms. The predicted octanol–water partition coefficient (Wildman–Crippen LogP) is 5.71. The van der Waals surface area contributed by atoms with Gasteiger partial charge in [-0.2, -0.15) is 0 Å². The fraction of sp³-hybridized carbons (Fsp3) is 0. The normalized spacial score (nSPS) is 13.5. The summed E-state index contributed by atoms with van der Waals surface area (Å²) in [7, 11) is -0.138. The molecule has 1 aliphatic rings. The molecule has 0 atom stereocenters. The first-order valence-corrected chi connectivity index (χ1v) is 9.66. The zero-order valence-corrected chi connectivity index (χ0v) is 14.7. The summed E-state index contributed by atoms with van der Waals surface area (Å²) in [5, 5.41) is 9.78. The Balaban J connectivity index is 1.96. The van der Waals surface area contributed by atoms with Crippen molar-refractivity contribution in [2.75, 3.05) is 0 Å². The third-order valence-corrected chi connectivity index (χ3v) is 7.88. The van der Waals surface area contributed by atoms with Crippen molar-refractivity contribution in [3.05, 3.63) is 71.2 Å². The Hall–Kier alpha value is -1.36. The monoisotopic (exact) mass is 387 g/mol. The molecule has 0 radical (unpaired) electrons. The second-order valence-electron chi connectivity index (χ2n) is 4.91. The van der Waals surface area contributed by atoms with Gasteiger partial charge in [0.25, 0.3) is 0 Å². The number of benzene rings is 3. The van der Waals surface area contributed by atoms with E-state index in [9.17, 15) is 5.11 Å². The second kappa shape index (κ2) is 5.69. The highest BCUT2D eigenvalue weighted by molar-refractivity contribution is 9.10. The molecule has 0 fully saturated rings. The van der Waals surface area contributed by atoms with Gasteiger partial charge in [0.15, 0.2) is 14.7 Å². The van der Waals surface area contributed by atoms with E-state index in [0.717, 1.165) is 4.47 Å². The van der Waals surface area contributed by atoms with Crippen molar-refractivity contribution < 1.29 is 5.11 Å². The van der Waals surface area contributed by atoms with Gasteiger partial charge in [-0.25, -0.2) is 0 Å². The van der Waals surface area contributed by atoms with Crippen LogP contribution in [0.5, 0.6) is 5.75 Å². The number of hydrogen-bond acceptors (Lipinski definition) is 2. The Bertz CT molecular complexity index is 818. The molecule has 0 saturated heterocycles. The molecule has 0 aliphatic carbocycles. The summed E-state index contributed by atoms with van der Waals surface area (Å²) >= 11 is 5.28. The van der Waals surface area contributed by atoms with Crippen molar-refractivity contribution in [2.24, 2.45) is 0 Å². The quantitative estimate of drug-likeness (QED) is 0.421. The summed E-state index contributed by atoms with van der Waals surface area (Å²) < 4.78 is 0.741. The molecule has 1 aliphatic heterocycles. The van der Waals surface area contributed by atoms with Gasteiger partial charge in [0, 0.05) is 6.07 Å². The van der Waals surface area contributed by atoms with Gasteiger partial charge in [0.05, 0.1) is 14.3 Å². The highest BCUT2D eigenvalue weighted by Crippen LogP contribution is 2.48. The van der Waals surface area contributed by atoms with Gasteiger partial charge >= 0.3 is 0 Å². The molecule has 4 rings (SSSR count). The van der Waals surface area contributed by atoms with Gasteiger partial charge in [-0.15, -0.1) is 0 Å². The minimum absolute atomic E-state index is 0.138. The van der Waals surface area contributed by atoms with Crippen molar-refractivity contribution in [2.45, 2.75) is 24.5 Å². The Morgan fingerprint density at radius 3 is 2.00 bits per heavy atom. The van der Waals surface area contributed by atoms with Gasteiger partial charge in [-0.05, 0) is 52.3 Å². The van der Waals surface area contributed by atoms with Crippen LogP contribution in [0, 0.1) is 0 Å². The molecule has 3 aromatic rings. The minimum atomic E-state index is -0.138. The van der Waals surface area contributed by atoms with E-state index in [1.54, 1.807) is 6.07 Å². The predicted molar refractivity (Wildman–Crippen MR) is 95.0 cm³/mol.